The van der Waals surface area contributed by atoms with Crippen molar-refractivity contribution in [1.29, 1.82) is 0 Å². The Morgan fingerprint density at radius 2 is 0.889 bits per heavy atom. The maximum Gasteiger partial charge on any atom is 0.303 e. The average Bonchev–Trinajstić information content (AvgIpc) is 2.63. The normalized spacial score (nSPS) is 10.5. The number of unbranched alkanes of at least 4 members (excludes halogenated alkanes) is 5. The molecule has 0 unspecified atom stereocenters. The van der Waals surface area contributed by atoms with E-state index in [0.29, 0.717) is 5.39 Å². The number of carboxylic acid groups (broad SMARTS) is 2. The Morgan fingerprint density at radius 3 is 1.15 bits per heavy atom. The zero-order chi connectivity index (χ0) is 20.8. The lowest BCUT2D eigenvalue weighted by Crippen LogP contribution is -2.28. The van der Waals surface area contributed by atoms with Crippen molar-refractivity contribution in [3.8, 4) is 0 Å². The molecule has 5 N–H and O–H groups in total. The van der Waals surface area contributed by atoms with Gasteiger partial charge in [0.1, 0.15) is 0 Å². The van der Waals surface area contributed by atoms with Gasteiger partial charge in [0.05, 0.1) is 45.0 Å². The third kappa shape index (κ3) is 27.0. The molecule has 0 aliphatic carbocycles. The van der Waals surface area contributed by atoms with Crippen molar-refractivity contribution in [1.82, 2.24) is 5.39 Å². The summed E-state index contributed by atoms with van der Waals surface area (Å²) in [5.74, 6) is -1.48. The van der Waals surface area contributed by atoms with Crippen molar-refractivity contribution >= 4 is 11.9 Å². The van der Waals surface area contributed by atoms with Gasteiger partial charge in [0.15, 0.2) is 0 Å². The van der Waals surface area contributed by atoms with Crippen LogP contribution in [-0.2, 0) is 24.1 Å². The monoisotopic (exact) mass is 399 g/mol. The molecule has 162 valence electrons. The Labute approximate surface area is 158 Å². The molecule has 0 amide bonds. The van der Waals surface area contributed by atoms with Gasteiger partial charge in [-0.1, -0.05) is 25.7 Å². The third-order valence-corrected chi connectivity index (χ3v) is 2.90. The number of carbonyl (C=O) groups is 2. The molecule has 27 heavy (non-hydrogen) atoms. The molecular formula is C16H33NO10. The topological polar surface area (TPSA) is 166 Å². The van der Waals surface area contributed by atoms with Gasteiger partial charge in [-0.15, -0.1) is 0 Å². The van der Waals surface area contributed by atoms with E-state index in [9.17, 15) is 9.59 Å². The number of aliphatic carboxylic acids is 2. The lowest BCUT2D eigenvalue weighted by atomic mass is 10.1. The van der Waals surface area contributed by atoms with E-state index < -0.39 is 11.9 Å². The zero-order valence-electron chi connectivity index (χ0n) is 15.6. The standard InChI is InChI=1S/C10H18O4.C6H15NO6/c11-9(12)7-5-3-1-2-4-6-8-10(13)14;8-1-4-11-7(12-5-2-9)13-6-3-10/h1-8H2,(H,11,12)(H,13,14);8-10H,1-6H2. The van der Waals surface area contributed by atoms with E-state index in [2.05, 4.69) is 0 Å². The maximum absolute atomic E-state index is 10.1. The van der Waals surface area contributed by atoms with E-state index >= 15 is 0 Å². The molecular weight excluding hydrogens is 366 g/mol. The Bertz CT molecular complexity index is 304. The van der Waals surface area contributed by atoms with E-state index in [4.69, 9.17) is 40.0 Å². The second kappa shape index (κ2) is 22.7. The summed E-state index contributed by atoms with van der Waals surface area (Å²) in [5, 5.41) is 42.6. The van der Waals surface area contributed by atoms with Gasteiger partial charge >= 0.3 is 11.9 Å². The van der Waals surface area contributed by atoms with E-state index in [0.717, 1.165) is 38.5 Å². The van der Waals surface area contributed by atoms with Gasteiger partial charge < -0.3 is 25.5 Å². The largest absolute Gasteiger partial charge is 0.481 e. The van der Waals surface area contributed by atoms with Gasteiger partial charge in [0.2, 0.25) is 0 Å². The van der Waals surface area contributed by atoms with Crippen molar-refractivity contribution in [3.05, 3.63) is 0 Å². The molecule has 0 fully saturated rings. The minimum Gasteiger partial charge on any atom is -0.481 e. The van der Waals surface area contributed by atoms with Gasteiger partial charge in [0.25, 0.3) is 0 Å². The number of aliphatic hydroxyl groups excluding tert-OH is 3. The van der Waals surface area contributed by atoms with E-state index in [1.54, 1.807) is 0 Å². The van der Waals surface area contributed by atoms with Crippen LogP contribution in [0.4, 0.5) is 0 Å². The summed E-state index contributed by atoms with van der Waals surface area (Å²) in [6.07, 6.45) is 5.82. The highest BCUT2D eigenvalue weighted by Gasteiger charge is 2.05. The smallest absolute Gasteiger partial charge is 0.303 e. The molecule has 0 aromatic heterocycles. The highest BCUT2D eigenvalue weighted by atomic mass is 17.2. The Balaban J connectivity index is 0. The molecule has 0 aliphatic rings. The molecule has 0 saturated carbocycles. The van der Waals surface area contributed by atoms with Gasteiger partial charge in [0, 0.05) is 12.8 Å². The van der Waals surface area contributed by atoms with Crippen LogP contribution in [0.5, 0.6) is 0 Å². The fourth-order valence-electron chi connectivity index (χ4n) is 1.72. The molecule has 0 aromatic carbocycles. The van der Waals surface area contributed by atoms with Crippen LogP contribution in [0.25, 0.3) is 0 Å². The van der Waals surface area contributed by atoms with Gasteiger partial charge in [-0.3, -0.25) is 9.59 Å². The van der Waals surface area contributed by atoms with Crippen LogP contribution in [0.1, 0.15) is 51.4 Å². The van der Waals surface area contributed by atoms with Crippen LogP contribution in [-0.4, -0.2) is 82.5 Å². The van der Waals surface area contributed by atoms with E-state index in [1.807, 2.05) is 0 Å². The predicted octanol–water partition coefficient (Wildman–Crippen LogP) is 0.337. The molecule has 0 atom stereocenters. The Kier molecular flexibility index (Phi) is 23.4. The molecule has 0 aliphatic heterocycles. The van der Waals surface area contributed by atoms with Crippen molar-refractivity contribution in [2.75, 3.05) is 39.6 Å². The minimum absolute atomic E-state index is 0.0108. The first-order valence-corrected chi connectivity index (χ1v) is 8.92. The number of rotatable bonds is 18. The summed E-state index contributed by atoms with van der Waals surface area (Å²) in [4.78, 5) is 34.4. The fraction of sp³-hybridized carbons (Fsp3) is 0.875. The molecule has 0 saturated heterocycles. The first kappa shape index (κ1) is 27.9. The molecule has 0 spiro atoms. The molecule has 0 radical (unpaired) electrons. The summed E-state index contributed by atoms with van der Waals surface area (Å²) in [6.45, 7) is -0.505. The summed E-state index contributed by atoms with van der Waals surface area (Å²) in [7, 11) is 0. The Morgan fingerprint density at radius 1 is 0.593 bits per heavy atom. The SMILES string of the molecule is O=C(O)CCCCCCCCC(=O)O.OCCON(OCCO)OCCO. The molecule has 0 heterocycles. The van der Waals surface area contributed by atoms with Crippen LogP contribution in [0.3, 0.4) is 0 Å². The van der Waals surface area contributed by atoms with E-state index in [-0.39, 0.29) is 52.5 Å². The number of nitrogens with zero attached hydrogens (tertiary/aromatic N) is 1. The van der Waals surface area contributed by atoms with Crippen LogP contribution in [0.2, 0.25) is 0 Å². The fourth-order valence-corrected chi connectivity index (χ4v) is 1.72. The van der Waals surface area contributed by atoms with Crippen molar-refractivity contribution < 1.29 is 49.6 Å². The molecule has 0 aromatic rings. The second-order valence-corrected chi connectivity index (χ2v) is 5.30. The van der Waals surface area contributed by atoms with Crippen LogP contribution in [0, 0.1) is 0 Å². The van der Waals surface area contributed by atoms with Crippen LogP contribution >= 0.6 is 0 Å². The van der Waals surface area contributed by atoms with Crippen molar-refractivity contribution in [2.45, 2.75) is 51.4 Å². The van der Waals surface area contributed by atoms with Crippen LogP contribution < -0.4 is 0 Å². The lowest BCUT2D eigenvalue weighted by molar-refractivity contribution is -0.527. The van der Waals surface area contributed by atoms with Gasteiger partial charge in [-0.2, -0.15) is 0 Å². The molecule has 11 nitrogen and oxygen atoms in total. The highest BCUT2D eigenvalue weighted by molar-refractivity contribution is 5.66. The summed E-state index contributed by atoms with van der Waals surface area (Å²) in [6, 6.07) is 0. The number of aliphatic hydroxyl groups is 3. The first-order valence-electron chi connectivity index (χ1n) is 8.92. The minimum atomic E-state index is -0.740. The molecule has 0 bridgehead atoms. The zero-order valence-corrected chi connectivity index (χ0v) is 15.6. The number of hydrogen-bond acceptors (Lipinski definition) is 9. The second-order valence-electron chi connectivity index (χ2n) is 5.30. The predicted molar refractivity (Wildman–Crippen MR) is 93.2 cm³/mol. The van der Waals surface area contributed by atoms with Crippen molar-refractivity contribution in [2.24, 2.45) is 0 Å². The van der Waals surface area contributed by atoms with Crippen molar-refractivity contribution in [3.63, 3.8) is 0 Å². The maximum atomic E-state index is 10.1. The summed E-state index contributed by atoms with van der Waals surface area (Å²) in [5.41, 5.74) is 0. The Hall–Kier alpha value is -1.34. The van der Waals surface area contributed by atoms with Crippen LogP contribution in [0.15, 0.2) is 0 Å². The summed E-state index contributed by atoms with van der Waals surface area (Å²) >= 11 is 0. The highest BCUT2D eigenvalue weighted by Crippen LogP contribution is 2.08. The molecule has 0 rings (SSSR count). The van der Waals surface area contributed by atoms with E-state index in [1.165, 1.54) is 0 Å². The number of carboxylic acids is 2. The quantitative estimate of drug-likeness (QED) is 0.159. The average molecular weight is 399 g/mol. The third-order valence-electron chi connectivity index (χ3n) is 2.90. The van der Waals surface area contributed by atoms with Gasteiger partial charge in [-0.25, -0.2) is 14.5 Å². The van der Waals surface area contributed by atoms with Gasteiger partial charge in [-0.05, 0) is 12.8 Å². The molecule has 11 heteroatoms. The first-order chi connectivity index (χ1) is 13.0. The lowest BCUT2D eigenvalue weighted by Gasteiger charge is -2.17. The summed E-state index contributed by atoms with van der Waals surface area (Å²) < 4.78 is 0. The number of hydrogen-bond donors (Lipinski definition) is 5.